The Balaban J connectivity index is 0.000000220. The zero-order valence-corrected chi connectivity index (χ0v) is 37.9. The number of nitrogens with zero attached hydrogens (tertiary/aromatic N) is 2. The Morgan fingerprint density at radius 2 is 0.717 bits per heavy atom. The summed E-state index contributed by atoms with van der Waals surface area (Å²) in [6, 6.07) is 18.2. The molecule has 2 aromatic rings. The second-order valence-corrected chi connectivity index (χ2v) is 23.3. The number of hydrogen-bond donors (Lipinski definition) is 0. The fourth-order valence-electron chi connectivity index (χ4n) is 9.08. The Morgan fingerprint density at radius 3 is 0.943 bits per heavy atom. The van der Waals surface area contributed by atoms with E-state index in [0.29, 0.717) is 12.7 Å². The number of anilines is 2. The van der Waals surface area contributed by atoms with Gasteiger partial charge < -0.3 is 9.80 Å². The number of allylic oxidation sites excluding steroid dienone is 2. The van der Waals surface area contributed by atoms with Crippen molar-refractivity contribution in [2.24, 2.45) is 0 Å². The van der Waals surface area contributed by atoms with Crippen LogP contribution in [0.4, 0.5) is 11.4 Å². The summed E-state index contributed by atoms with van der Waals surface area (Å²) in [7, 11) is 18.0. The topological polar surface area (TPSA) is 6.48 Å². The van der Waals surface area contributed by atoms with Gasteiger partial charge in [0.25, 0.3) is 0 Å². The summed E-state index contributed by atoms with van der Waals surface area (Å²) in [4.78, 5) is 4.34. The van der Waals surface area contributed by atoms with Gasteiger partial charge >= 0.3 is 33.0 Å². The van der Waals surface area contributed by atoms with E-state index in [-0.39, 0.29) is 15.8 Å². The Kier molecular flexibility index (Phi) is 22.5. The summed E-state index contributed by atoms with van der Waals surface area (Å²) in [6.07, 6.45) is 37.0. The molecule has 0 bridgehead atoms. The molecule has 2 aromatic carbocycles. The van der Waals surface area contributed by atoms with E-state index in [1.54, 1.807) is 0 Å². The van der Waals surface area contributed by atoms with Gasteiger partial charge in [-0.3, -0.25) is 0 Å². The second-order valence-electron chi connectivity index (χ2n) is 16.4. The molecular weight excluding hydrogens is 772 g/mol. The van der Waals surface area contributed by atoms with Gasteiger partial charge in [0.05, 0.1) is 0 Å². The first kappa shape index (κ1) is 45.2. The van der Waals surface area contributed by atoms with Crippen LogP contribution >= 0.6 is 36.2 Å². The third kappa shape index (κ3) is 16.5. The van der Waals surface area contributed by atoms with Crippen molar-refractivity contribution in [1.29, 1.82) is 0 Å². The normalized spacial score (nSPS) is 19.7. The van der Waals surface area contributed by atoms with E-state index in [1.807, 2.05) is 0 Å². The minimum atomic E-state index is 0.101. The van der Waals surface area contributed by atoms with Crippen LogP contribution in [0.2, 0.25) is 0 Å². The molecule has 4 fully saturated rings. The van der Waals surface area contributed by atoms with Crippen LogP contribution < -0.4 is 9.80 Å². The maximum atomic E-state index is 4.70. The standard InChI is InChI=1S/2C23H36NP.2ClH.Ni/c2*1-24(2)21-17-15-20(16-18-21)10-9-19-25(22-11-5-3-6-12-22)23-13-7-4-8-14-23;;;/h2*9,15-19,22-23H,3-8,10-14H2,1-2H3;2*1H;/q;;;;+2/p-2. The molecule has 0 heterocycles. The van der Waals surface area contributed by atoms with Crippen LogP contribution in [0.5, 0.6) is 0 Å². The molecule has 0 spiro atoms. The van der Waals surface area contributed by atoms with Gasteiger partial charge in [-0.2, -0.15) is 0 Å². The molecule has 300 valence electrons. The molecule has 53 heavy (non-hydrogen) atoms. The fraction of sp³-hybridized carbons (Fsp3) is 0.652. The maximum absolute atomic E-state index is 4.70. The average molecular weight is 845 g/mol. The van der Waals surface area contributed by atoms with Crippen molar-refractivity contribution >= 4 is 47.6 Å². The van der Waals surface area contributed by atoms with Crippen LogP contribution in [-0.2, 0) is 25.5 Å². The van der Waals surface area contributed by atoms with Gasteiger partial charge in [-0.05, 0) is 122 Å². The van der Waals surface area contributed by atoms with Crippen molar-refractivity contribution in [2.45, 2.75) is 164 Å². The molecule has 0 N–H and O–H groups in total. The van der Waals surface area contributed by atoms with Gasteiger partial charge in [-0.1, -0.05) is 141 Å². The first-order chi connectivity index (χ1) is 25.9. The van der Waals surface area contributed by atoms with Crippen LogP contribution in [0.25, 0.3) is 0 Å². The molecule has 0 unspecified atom stereocenters. The van der Waals surface area contributed by atoms with Gasteiger partial charge in [0.1, 0.15) is 0 Å². The average Bonchev–Trinajstić information content (AvgIpc) is 3.20. The van der Waals surface area contributed by atoms with E-state index in [4.69, 9.17) is 20.4 Å². The Bertz CT molecular complexity index is 1140. The molecule has 6 rings (SSSR count). The van der Waals surface area contributed by atoms with Crippen molar-refractivity contribution < 1.29 is 12.7 Å². The number of benzene rings is 2. The molecule has 0 aliphatic heterocycles. The summed E-state index contributed by atoms with van der Waals surface area (Å²) in [5, 5.41) is 0. The van der Waals surface area contributed by atoms with E-state index < -0.39 is 0 Å². The zero-order chi connectivity index (χ0) is 37.7. The molecule has 4 saturated carbocycles. The summed E-state index contributed by atoms with van der Waals surface area (Å²) >= 11 is 0.569. The molecular formula is C46H72Cl2N2NiP2. The Labute approximate surface area is 343 Å². The molecule has 4 aliphatic carbocycles. The summed E-state index contributed by atoms with van der Waals surface area (Å²) in [5.41, 5.74) is 9.59. The number of rotatable bonds is 12. The SMILES string of the molecule is CN(C)c1ccc(CC=CP(C2CCCCC2)C2CCCCC2)cc1.CN(C)c1ccc(CC=CP(C2CCCCC2)C2CCCCC2)cc1.[Cl][Ni][Cl]. The second kappa shape index (κ2) is 26.4. The summed E-state index contributed by atoms with van der Waals surface area (Å²) < 4.78 is 0. The number of hydrogen-bond acceptors (Lipinski definition) is 2. The van der Waals surface area contributed by atoms with Gasteiger partial charge in [0.2, 0.25) is 0 Å². The molecule has 4 aliphatic rings. The zero-order valence-electron chi connectivity index (χ0n) is 33.7. The number of halogens is 2. The molecule has 0 saturated heterocycles. The molecule has 7 heteroatoms. The third-order valence-electron chi connectivity index (χ3n) is 12.2. The van der Waals surface area contributed by atoms with Crippen LogP contribution in [-0.4, -0.2) is 50.8 Å². The van der Waals surface area contributed by atoms with E-state index >= 15 is 0 Å². The monoisotopic (exact) mass is 842 g/mol. The predicted molar refractivity (Wildman–Crippen MR) is 240 cm³/mol. The summed E-state index contributed by atoms with van der Waals surface area (Å²) in [6.45, 7) is 0. The molecule has 2 nitrogen and oxygen atoms in total. The van der Waals surface area contributed by atoms with Crippen LogP contribution in [0.1, 0.15) is 140 Å². The van der Waals surface area contributed by atoms with Crippen LogP contribution in [0, 0.1) is 0 Å². The first-order valence-corrected chi connectivity index (χ1v) is 26.9. The predicted octanol–water partition coefficient (Wildman–Crippen LogP) is 15.3. The van der Waals surface area contributed by atoms with Gasteiger partial charge in [-0.15, -0.1) is 0 Å². The minimum absolute atomic E-state index is 0.101. The van der Waals surface area contributed by atoms with Crippen molar-refractivity contribution in [3.8, 4) is 0 Å². The molecule has 0 aromatic heterocycles. The third-order valence-corrected chi connectivity index (χ3v) is 18.7. The quantitative estimate of drug-likeness (QED) is 0.155. The van der Waals surface area contributed by atoms with E-state index in [0.717, 1.165) is 35.5 Å². The van der Waals surface area contributed by atoms with Gasteiger partial charge in [0.15, 0.2) is 0 Å². The molecule has 0 atom stereocenters. The van der Waals surface area contributed by atoms with Gasteiger partial charge in [0, 0.05) is 39.6 Å². The molecule has 0 radical (unpaired) electrons. The van der Waals surface area contributed by atoms with Crippen molar-refractivity contribution in [2.75, 3.05) is 38.0 Å². The van der Waals surface area contributed by atoms with E-state index in [9.17, 15) is 0 Å². The van der Waals surface area contributed by atoms with E-state index in [1.165, 1.54) is 151 Å². The van der Waals surface area contributed by atoms with Gasteiger partial charge in [-0.25, -0.2) is 0 Å². The Hall–Kier alpha value is -0.546. The van der Waals surface area contributed by atoms with Crippen LogP contribution in [0.15, 0.2) is 72.3 Å². The molecule has 0 amide bonds. The van der Waals surface area contributed by atoms with E-state index in [2.05, 4.69) is 110 Å². The van der Waals surface area contributed by atoms with Crippen molar-refractivity contribution in [3.05, 3.63) is 83.4 Å². The first-order valence-electron chi connectivity index (χ1n) is 21.1. The van der Waals surface area contributed by atoms with Crippen molar-refractivity contribution in [1.82, 2.24) is 0 Å². The summed E-state index contributed by atoms with van der Waals surface area (Å²) in [5.74, 6) is 5.39. The van der Waals surface area contributed by atoms with Crippen molar-refractivity contribution in [3.63, 3.8) is 0 Å². The Morgan fingerprint density at radius 1 is 0.472 bits per heavy atom. The van der Waals surface area contributed by atoms with Crippen LogP contribution in [0.3, 0.4) is 0 Å². The fourth-order valence-corrected chi connectivity index (χ4v) is 15.8.